The second-order valence-electron chi connectivity index (χ2n) is 3.76. The summed E-state index contributed by atoms with van der Waals surface area (Å²) in [6.45, 7) is 0. The summed E-state index contributed by atoms with van der Waals surface area (Å²) in [4.78, 5) is 10.7. The fourth-order valence-corrected chi connectivity index (χ4v) is 2.01. The van der Waals surface area contributed by atoms with Gasteiger partial charge in [0.1, 0.15) is 6.10 Å². The molecule has 0 heterocycles. The zero-order valence-electron chi connectivity index (χ0n) is 7.99. The van der Waals surface area contributed by atoms with Gasteiger partial charge in [-0.1, -0.05) is 6.42 Å². The first kappa shape index (κ1) is 10.5. The maximum atomic E-state index is 10.7. The van der Waals surface area contributed by atoms with Gasteiger partial charge >= 0.3 is 0 Å². The summed E-state index contributed by atoms with van der Waals surface area (Å²) in [6, 6.07) is 0.424. The maximum absolute atomic E-state index is 10.7. The lowest BCUT2D eigenvalue weighted by Crippen LogP contribution is -2.41. The standard InChI is InChI=1S/C9H18N2O2/c1-11-7-4-2-3-6(5-7)8(12)9(10)13/h6-8,11-12H,2-5H2,1H3,(H2,10,13)/t6?,7-,8-/m1/s1. The molecular formula is C9H18N2O2. The number of carbonyl (C=O) groups excluding carboxylic acids is 1. The molecular weight excluding hydrogens is 168 g/mol. The van der Waals surface area contributed by atoms with Gasteiger partial charge < -0.3 is 16.2 Å². The van der Waals surface area contributed by atoms with Crippen LogP contribution >= 0.6 is 0 Å². The molecule has 0 spiro atoms. The fraction of sp³-hybridized carbons (Fsp3) is 0.889. The molecule has 1 aliphatic rings. The van der Waals surface area contributed by atoms with Crippen molar-refractivity contribution in [2.45, 2.75) is 37.8 Å². The second-order valence-corrected chi connectivity index (χ2v) is 3.76. The summed E-state index contributed by atoms with van der Waals surface area (Å²) in [6.07, 6.45) is 2.97. The number of aliphatic hydroxyl groups is 1. The van der Waals surface area contributed by atoms with E-state index in [0.29, 0.717) is 6.04 Å². The molecule has 1 rings (SSSR count). The highest BCUT2D eigenvalue weighted by molar-refractivity contribution is 5.78. The number of primary amides is 1. The lowest BCUT2D eigenvalue weighted by molar-refractivity contribution is -0.129. The summed E-state index contributed by atoms with van der Waals surface area (Å²) in [5, 5.41) is 12.6. The molecule has 1 saturated carbocycles. The summed E-state index contributed by atoms with van der Waals surface area (Å²) in [5.41, 5.74) is 5.04. The maximum Gasteiger partial charge on any atom is 0.246 e. The SMILES string of the molecule is CN[C@@H]1CCCC([C@@H](O)C(N)=O)C1. The molecule has 4 nitrogen and oxygen atoms in total. The summed E-state index contributed by atoms with van der Waals surface area (Å²) in [7, 11) is 1.91. The fourth-order valence-electron chi connectivity index (χ4n) is 2.01. The number of carbonyl (C=O) groups is 1. The smallest absolute Gasteiger partial charge is 0.246 e. The van der Waals surface area contributed by atoms with Gasteiger partial charge in [0, 0.05) is 6.04 Å². The van der Waals surface area contributed by atoms with Crippen molar-refractivity contribution in [2.24, 2.45) is 11.7 Å². The van der Waals surface area contributed by atoms with Gasteiger partial charge in [0.15, 0.2) is 0 Å². The Hall–Kier alpha value is -0.610. The van der Waals surface area contributed by atoms with Gasteiger partial charge in [0.25, 0.3) is 0 Å². The number of nitrogens with two attached hydrogens (primary N) is 1. The zero-order valence-corrected chi connectivity index (χ0v) is 7.99. The minimum Gasteiger partial charge on any atom is -0.383 e. The Balaban J connectivity index is 2.46. The van der Waals surface area contributed by atoms with E-state index < -0.39 is 12.0 Å². The minimum absolute atomic E-state index is 0.0451. The summed E-state index contributed by atoms with van der Waals surface area (Å²) in [5.74, 6) is -0.551. The lowest BCUT2D eigenvalue weighted by atomic mass is 9.82. The monoisotopic (exact) mass is 186 g/mol. The van der Waals surface area contributed by atoms with Gasteiger partial charge in [-0.15, -0.1) is 0 Å². The van der Waals surface area contributed by atoms with Crippen molar-refractivity contribution in [3.8, 4) is 0 Å². The zero-order chi connectivity index (χ0) is 9.84. The van der Waals surface area contributed by atoms with Crippen LogP contribution < -0.4 is 11.1 Å². The molecule has 76 valence electrons. The molecule has 1 aliphatic carbocycles. The Bertz CT molecular complexity index is 184. The molecule has 0 aromatic rings. The molecule has 1 amide bonds. The van der Waals surface area contributed by atoms with E-state index in [1.165, 1.54) is 0 Å². The van der Waals surface area contributed by atoms with Crippen LogP contribution in [0, 0.1) is 5.92 Å². The van der Waals surface area contributed by atoms with E-state index in [2.05, 4.69) is 5.32 Å². The Morgan fingerprint density at radius 1 is 1.62 bits per heavy atom. The van der Waals surface area contributed by atoms with Gasteiger partial charge in [0.2, 0.25) is 5.91 Å². The van der Waals surface area contributed by atoms with Gasteiger partial charge in [-0.3, -0.25) is 4.79 Å². The van der Waals surface area contributed by atoms with Crippen LogP contribution in [0.15, 0.2) is 0 Å². The largest absolute Gasteiger partial charge is 0.383 e. The van der Waals surface area contributed by atoms with E-state index in [-0.39, 0.29) is 5.92 Å². The average molecular weight is 186 g/mol. The highest BCUT2D eigenvalue weighted by Gasteiger charge is 2.29. The summed E-state index contributed by atoms with van der Waals surface area (Å²) < 4.78 is 0. The van der Waals surface area contributed by atoms with E-state index >= 15 is 0 Å². The number of hydrogen-bond donors (Lipinski definition) is 3. The Kier molecular flexibility index (Phi) is 3.69. The molecule has 0 aromatic heterocycles. The number of rotatable bonds is 3. The number of amides is 1. The number of hydrogen-bond acceptors (Lipinski definition) is 3. The third-order valence-electron chi connectivity index (χ3n) is 2.86. The quantitative estimate of drug-likeness (QED) is 0.562. The van der Waals surface area contributed by atoms with Crippen LogP contribution in [-0.4, -0.2) is 30.2 Å². The van der Waals surface area contributed by atoms with E-state index in [1.807, 2.05) is 7.05 Å². The van der Waals surface area contributed by atoms with Crippen molar-refractivity contribution in [3.63, 3.8) is 0 Å². The Morgan fingerprint density at radius 2 is 2.31 bits per heavy atom. The van der Waals surface area contributed by atoms with Gasteiger partial charge in [-0.25, -0.2) is 0 Å². The average Bonchev–Trinajstić information content (AvgIpc) is 2.16. The molecule has 3 atom stereocenters. The molecule has 1 fully saturated rings. The predicted octanol–water partition coefficient (Wildman–Crippen LogP) is -0.389. The third-order valence-corrected chi connectivity index (χ3v) is 2.86. The molecule has 13 heavy (non-hydrogen) atoms. The van der Waals surface area contributed by atoms with Crippen LogP contribution in [0.25, 0.3) is 0 Å². The van der Waals surface area contributed by atoms with Crippen LogP contribution in [-0.2, 0) is 4.79 Å². The summed E-state index contributed by atoms with van der Waals surface area (Å²) >= 11 is 0. The van der Waals surface area contributed by atoms with E-state index in [9.17, 15) is 9.90 Å². The molecule has 0 bridgehead atoms. The van der Waals surface area contributed by atoms with Crippen molar-refractivity contribution in [1.82, 2.24) is 5.32 Å². The van der Waals surface area contributed by atoms with Crippen LogP contribution in [0.5, 0.6) is 0 Å². The highest BCUT2D eigenvalue weighted by atomic mass is 16.3. The van der Waals surface area contributed by atoms with Crippen molar-refractivity contribution in [2.75, 3.05) is 7.05 Å². The van der Waals surface area contributed by atoms with E-state index in [4.69, 9.17) is 5.73 Å². The molecule has 4 N–H and O–H groups in total. The van der Waals surface area contributed by atoms with Crippen molar-refractivity contribution in [3.05, 3.63) is 0 Å². The van der Waals surface area contributed by atoms with Crippen LogP contribution in [0.1, 0.15) is 25.7 Å². The molecule has 0 aromatic carbocycles. The van der Waals surface area contributed by atoms with E-state index in [1.54, 1.807) is 0 Å². The topological polar surface area (TPSA) is 75.3 Å². The molecule has 1 unspecified atom stereocenters. The van der Waals surface area contributed by atoms with Crippen molar-refractivity contribution < 1.29 is 9.90 Å². The lowest BCUT2D eigenvalue weighted by Gasteiger charge is -2.30. The number of nitrogens with one attached hydrogen (secondary N) is 1. The second kappa shape index (κ2) is 4.58. The Labute approximate surface area is 78.5 Å². The van der Waals surface area contributed by atoms with E-state index in [0.717, 1.165) is 25.7 Å². The van der Waals surface area contributed by atoms with Crippen LogP contribution in [0.4, 0.5) is 0 Å². The Morgan fingerprint density at radius 3 is 2.85 bits per heavy atom. The molecule has 0 aliphatic heterocycles. The van der Waals surface area contributed by atoms with Gasteiger partial charge in [0.05, 0.1) is 0 Å². The molecule has 0 radical (unpaired) electrons. The first-order valence-electron chi connectivity index (χ1n) is 4.79. The van der Waals surface area contributed by atoms with Crippen LogP contribution in [0.3, 0.4) is 0 Å². The highest BCUT2D eigenvalue weighted by Crippen LogP contribution is 2.26. The van der Waals surface area contributed by atoms with Crippen molar-refractivity contribution in [1.29, 1.82) is 0 Å². The first-order chi connectivity index (χ1) is 6.15. The molecule has 0 saturated heterocycles. The number of aliphatic hydroxyl groups excluding tert-OH is 1. The third kappa shape index (κ3) is 2.67. The van der Waals surface area contributed by atoms with Gasteiger partial charge in [-0.05, 0) is 32.2 Å². The first-order valence-corrected chi connectivity index (χ1v) is 4.79. The van der Waals surface area contributed by atoms with Gasteiger partial charge in [-0.2, -0.15) is 0 Å². The van der Waals surface area contributed by atoms with Crippen LogP contribution in [0.2, 0.25) is 0 Å². The minimum atomic E-state index is -0.962. The molecule has 4 heteroatoms. The van der Waals surface area contributed by atoms with Crippen molar-refractivity contribution >= 4 is 5.91 Å². The predicted molar refractivity (Wildman–Crippen MR) is 50.0 cm³/mol. The normalized spacial score (nSPS) is 31.2.